The molecule has 0 aromatic carbocycles. The molecule has 88 valence electrons. The van der Waals surface area contributed by atoms with Crippen molar-refractivity contribution in [1.29, 1.82) is 0 Å². The van der Waals surface area contributed by atoms with Crippen molar-refractivity contribution in [2.24, 2.45) is 0 Å². The molecule has 0 unspecified atom stereocenters. The monoisotopic (exact) mass is 234 g/mol. The molecule has 0 aliphatic heterocycles. The quantitative estimate of drug-likeness (QED) is 0.660. The number of carboxylic acids is 1. The van der Waals surface area contributed by atoms with E-state index in [1.807, 2.05) is 20.1 Å². The third-order valence-corrected chi connectivity index (χ3v) is 3.19. The van der Waals surface area contributed by atoms with Gasteiger partial charge in [-0.15, -0.1) is 0 Å². The van der Waals surface area contributed by atoms with Gasteiger partial charge in [0.25, 0.3) is 0 Å². The SMILES string of the molecule is CSC(C)(C)CNC(=O)N[C@@H](C)C(=O)O. The lowest BCUT2D eigenvalue weighted by Crippen LogP contribution is -2.47. The largest absolute Gasteiger partial charge is 0.480 e. The van der Waals surface area contributed by atoms with Crippen molar-refractivity contribution >= 4 is 23.8 Å². The molecule has 0 aromatic rings. The van der Waals surface area contributed by atoms with E-state index < -0.39 is 18.0 Å². The predicted octanol–water partition coefficient (Wildman–Crippen LogP) is 0.900. The molecule has 0 aliphatic rings. The summed E-state index contributed by atoms with van der Waals surface area (Å²) in [4.78, 5) is 21.7. The van der Waals surface area contributed by atoms with Gasteiger partial charge in [0.05, 0.1) is 0 Å². The molecule has 0 aliphatic carbocycles. The van der Waals surface area contributed by atoms with Crippen LogP contribution in [0.15, 0.2) is 0 Å². The van der Waals surface area contributed by atoms with Crippen molar-refractivity contribution in [3.63, 3.8) is 0 Å². The summed E-state index contributed by atoms with van der Waals surface area (Å²) in [6, 6.07) is -1.32. The van der Waals surface area contributed by atoms with Crippen LogP contribution in [0.3, 0.4) is 0 Å². The fraction of sp³-hybridized carbons (Fsp3) is 0.778. The lowest BCUT2D eigenvalue weighted by molar-refractivity contribution is -0.138. The molecule has 1 atom stereocenters. The van der Waals surface area contributed by atoms with Crippen LogP contribution in [-0.2, 0) is 4.79 Å². The Morgan fingerprint density at radius 2 is 2.00 bits per heavy atom. The number of hydrogen-bond acceptors (Lipinski definition) is 3. The Labute approximate surface area is 94.0 Å². The van der Waals surface area contributed by atoms with Crippen LogP contribution in [0.1, 0.15) is 20.8 Å². The number of nitrogens with one attached hydrogen (secondary N) is 2. The van der Waals surface area contributed by atoms with Gasteiger partial charge in [-0.2, -0.15) is 11.8 Å². The highest BCUT2D eigenvalue weighted by molar-refractivity contribution is 7.99. The minimum atomic E-state index is -1.05. The Bertz CT molecular complexity index is 244. The molecule has 5 nitrogen and oxygen atoms in total. The van der Waals surface area contributed by atoms with Gasteiger partial charge in [0, 0.05) is 11.3 Å². The molecule has 2 amide bonds. The Hall–Kier alpha value is -0.910. The summed E-state index contributed by atoms with van der Waals surface area (Å²) >= 11 is 1.64. The summed E-state index contributed by atoms with van der Waals surface area (Å²) in [6.07, 6.45) is 1.96. The van der Waals surface area contributed by atoms with E-state index in [1.165, 1.54) is 6.92 Å². The highest BCUT2D eigenvalue weighted by Crippen LogP contribution is 2.19. The first-order valence-corrected chi connectivity index (χ1v) is 5.83. The second-order valence-electron chi connectivity index (χ2n) is 3.85. The third kappa shape index (κ3) is 6.22. The van der Waals surface area contributed by atoms with E-state index in [-0.39, 0.29) is 4.75 Å². The molecule has 0 heterocycles. The Morgan fingerprint density at radius 3 is 2.40 bits per heavy atom. The second-order valence-corrected chi connectivity index (χ2v) is 5.36. The van der Waals surface area contributed by atoms with Crippen molar-refractivity contribution < 1.29 is 14.7 Å². The number of amides is 2. The van der Waals surface area contributed by atoms with Crippen LogP contribution in [0.2, 0.25) is 0 Å². The van der Waals surface area contributed by atoms with Crippen LogP contribution in [0.25, 0.3) is 0 Å². The number of hydrogen-bond donors (Lipinski definition) is 3. The standard InChI is InChI=1S/C9H18N2O3S/c1-6(7(12)13)11-8(14)10-5-9(2,3)15-4/h6H,5H2,1-4H3,(H,12,13)(H2,10,11,14)/t6-/m0/s1. The first kappa shape index (κ1) is 14.1. The van der Waals surface area contributed by atoms with Crippen LogP contribution in [0.4, 0.5) is 4.79 Å². The average Bonchev–Trinajstić information content (AvgIpc) is 2.15. The molecule has 15 heavy (non-hydrogen) atoms. The molecule has 0 rings (SSSR count). The van der Waals surface area contributed by atoms with Crippen molar-refractivity contribution in [3.8, 4) is 0 Å². The van der Waals surface area contributed by atoms with Crippen LogP contribution in [0.5, 0.6) is 0 Å². The van der Waals surface area contributed by atoms with Crippen molar-refractivity contribution in [1.82, 2.24) is 10.6 Å². The molecule has 0 radical (unpaired) electrons. The van der Waals surface area contributed by atoms with E-state index in [0.29, 0.717) is 6.54 Å². The molecule has 6 heteroatoms. The minimum absolute atomic E-state index is 0.0518. The fourth-order valence-electron chi connectivity index (χ4n) is 0.675. The van der Waals surface area contributed by atoms with Crippen molar-refractivity contribution in [2.75, 3.05) is 12.8 Å². The summed E-state index contributed by atoms with van der Waals surface area (Å²) in [5, 5.41) is 13.5. The zero-order valence-corrected chi connectivity index (χ0v) is 10.3. The van der Waals surface area contributed by atoms with E-state index in [1.54, 1.807) is 11.8 Å². The van der Waals surface area contributed by atoms with Crippen LogP contribution < -0.4 is 10.6 Å². The van der Waals surface area contributed by atoms with Gasteiger partial charge in [-0.05, 0) is 27.0 Å². The van der Waals surface area contributed by atoms with E-state index >= 15 is 0 Å². The summed E-state index contributed by atoms with van der Waals surface area (Å²) in [5.41, 5.74) is 0. The van der Waals surface area contributed by atoms with Gasteiger partial charge < -0.3 is 15.7 Å². The number of rotatable bonds is 5. The van der Waals surface area contributed by atoms with Gasteiger partial charge in [-0.1, -0.05) is 0 Å². The van der Waals surface area contributed by atoms with Crippen molar-refractivity contribution in [3.05, 3.63) is 0 Å². The van der Waals surface area contributed by atoms with Crippen molar-refractivity contribution in [2.45, 2.75) is 31.6 Å². The summed E-state index contributed by atoms with van der Waals surface area (Å²) in [5.74, 6) is -1.05. The van der Waals surface area contributed by atoms with Gasteiger partial charge in [0.1, 0.15) is 6.04 Å². The Morgan fingerprint density at radius 1 is 1.47 bits per heavy atom. The lowest BCUT2D eigenvalue weighted by atomic mass is 10.2. The fourth-order valence-corrected chi connectivity index (χ4v) is 0.891. The van der Waals surface area contributed by atoms with Gasteiger partial charge in [-0.25, -0.2) is 4.79 Å². The molecule has 0 fully saturated rings. The maximum atomic E-state index is 11.2. The third-order valence-electron chi connectivity index (χ3n) is 1.95. The maximum absolute atomic E-state index is 11.2. The Kier molecular flexibility index (Phi) is 5.49. The topological polar surface area (TPSA) is 78.4 Å². The number of urea groups is 1. The van der Waals surface area contributed by atoms with E-state index in [0.717, 1.165) is 0 Å². The number of aliphatic carboxylic acids is 1. The number of carbonyl (C=O) groups is 2. The van der Waals surface area contributed by atoms with E-state index in [4.69, 9.17) is 5.11 Å². The van der Waals surface area contributed by atoms with Crippen LogP contribution in [-0.4, -0.2) is 40.7 Å². The highest BCUT2D eigenvalue weighted by Gasteiger charge is 2.18. The smallest absolute Gasteiger partial charge is 0.325 e. The molecule has 3 N–H and O–H groups in total. The molecular weight excluding hydrogens is 216 g/mol. The second kappa shape index (κ2) is 5.85. The van der Waals surface area contributed by atoms with Gasteiger partial charge >= 0.3 is 12.0 Å². The predicted molar refractivity (Wildman–Crippen MR) is 61.2 cm³/mol. The molecular formula is C9H18N2O3S. The number of carbonyl (C=O) groups excluding carboxylic acids is 1. The normalized spacial score (nSPS) is 13.1. The van der Waals surface area contributed by atoms with E-state index in [2.05, 4.69) is 10.6 Å². The molecule has 0 bridgehead atoms. The first-order valence-electron chi connectivity index (χ1n) is 4.61. The average molecular weight is 234 g/mol. The molecule has 0 aromatic heterocycles. The first-order chi connectivity index (χ1) is 6.78. The molecule has 0 saturated heterocycles. The summed E-state index contributed by atoms with van der Waals surface area (Å²) in [7, 11) is 0. The van der Waals surface area contributed by atoms with Gasteiger partial charge in [0.15, 0.2) is 0 Å². The van der Waals surface area contributed by atoms with Gasteiger partial charge in [-0.3, -0.25) is 4.79 Å². The maximum Gasteiger partial charge on any atom is 0.325 e. The summed E-state index contributed by atoms with van der Waals surface area (Å²) < 4.78 is -0.0518. The molecule has 0 saturated carbocycles. The molecule has 0 spiro atoms. The zero-order chi connectivity index (χ0) is 12.1. The minimum Gasteiger partial charge on any atom is -0.480 e. The van der Waals surface area contributed by atoms with Crippen LogP contribution in [0, 0.1) is 0 Å². The lowest BCUT2D eigenvalue weighted by Gasteiger charge is -2.22. The number of thioether (sulfide) groups is 1. The zero-order valence-electron chi connectivity index (χ0n) is 9.46. The van der Waals surface area contributed by atoms with Gasteiger partial charge in [0.2, 0.25) is 0 Å². The highest BCUT2D eigenvalue weighted by atomic mass is 32.2. The number of carboxylic acid groups (broad SMARTS) is 1. The van der Waals surface area contributed by atoms with E-state index in [9.17, 15) is 9.59 Å². The Balaban J connectivity index is 3.91. The van der Waals surface area contributed by atoms with Crippen LogP contribution >= 0.6 is 11.8 Å². The summed E-state index contributed by atoms with van der Waals surface area (Å²) in [6.45, 7) is 5.91.